The van der Waals surface area contributed by atoms with Crippen LogP contribution in [0.3, 0.4) is 0 Å². The smallest absolute Gasteiger partial charge is 0.336 e. The van der Waals surface area contributed by atoms with Crippen LogP contribution in [-0.4, -0.2) is 31.7 Å². The third kappa shape index (κ3) is 2.95. The molecule has 128 valence electrons. The SMILES string of the molecule is COC1(C(=O)Nc2cc3c(C)cc(=O)oc3cc2C)CCNCC1. The summed E-state index contributed by atoms with van der Waals surface area (Å²) in [5.74, 6) is -0.135. The van der Waals surface area contributed by atoms with Gasteiger partial charge in [-0.05, 0) is 63.0 Å². The van der Waals surface area contributed by atoms with Crippen LogP contribution in [0.25, 0.3) is 11.0 Å². The first-order valence-electron chi connectivity index (χ1n) is 8.08. The lowest BCUT2D eigenvalue weighted by atomic mass is 9.91. The molecule has 1 fully saturated rings. The topological polar surface area (TPSA) is 80.6 Å². The van der Waals surface area contributed by atoms with Crippen molar-refractivity contribution in [1.82, 2.24) is 5.32 Å². The predicted molar refractivity (Wildman–Crippen MR) is 92.4 cm³/mol. The monoisotopic (exact) mass is 330 g/mol. The van der Waals surface area contributed by atoms with Crippen LogP contribution >= 0.6 is 0 Å². The van der Waals surface area contributed by atoms with Gasteiger partial charge in [0.1, 0.15) is 11.2 Å². The zero-order chi connectivity index (χ0) is 17.3. The van der Waals surface area contributed by atoms with Crippen molar-refractivity contribution >= 4 is 22.6 Å². The van der Waals surface area contributed by atoms with Crippen LogP contribution < -0.4 is 16.3 Å². The Hall–Kier alpha value is -2.18. The summed E-state index contributed by atoms with van der Waals surface area (Å²) < 4.78 is 10.8. The lowest BCUT2D eigenvalue weighted by molar-refractivity contribution is -0.140. The molecule has 1 aromatic carbocycles. The van der Waals surface area contributed by atoms with E-state index in [-0.39, 0.29) is 11.5 Å². The van der Waals surface area contributed by atoms with Crippen LogP contribution in [0, 0.1) is 13.8 Å². The number of fused-ring (bicyclic) bond motifs is 1. The largest absolute Gasteiger partial charge is 0.423 e. The van der Waals surface area contributed by atoms with E-state index in [1.54, 1.807) is 13.2 Å². The van der Waals surface area contributed by atoms with Crippen LogP contribution in [-0.2, 0) is 9.53 Å². The minimum atomic E-state index is -0.801. The summed E-state index contributed by atoms with van der Waals surface area (Å²) in [6.45, 7) is 5.23. The third-order valence-corrected chi connectivity index (χ3v) is 4.76. The molecule has 6 nitrogen and oxygen atoms in total. The van der Waals surface area contributed by atoms with Gasteiger partial charge in [-0.25, -0.2) is 4.79 Å². The number of carbonyl (C=O) groups excluding carboxylic acids is 1. The van der Waals surface area contributed by atoms with Crippen molar-refractivity contribution in [3.8, 4) is 0 Å². The van der Waals surface area contributed by atoms with E-state index in [0.29, 0.717) is 24.1 Å². The molecule has 0 radical (unpaired) electrons. The van der Waals surface area contributed by atoms with Gasteiger partial charge in [0, 0.05) is 24.2 Å². The summed E-state index contributed by atoms with van der Waals surface area (Å²) in [6.07, 6.45) is 1.27. The minimum absolute atomic E-state index is 0.135. The number of benzene rings is 1. The maximum Gasteiger partial charge on any atom is 0.336 e. The number of rotatable bonds is 3. The average Bonchev–Trinajstić information content (AvgIpc) is 2.56. The van der Waals surface area contributed by atoms with Crippen LogP contribution in [0.5, 0.6) is 0 Å². The average molecular weight is 330 g/mol. The molecule has 0 spiro atoms. The van der Waals surface area contributed by atoms with E-state index in [4.69, 9.17) is 9.15 Å². The van der Waals surface area contributed by atoms with Gasteiger partial charge in [0.15, 0.2) is 0 Å². The molecule has 1 aliphatic rings. The van der Waals surface area contributed by atoms with Crippen LogP contribution in [0.2, 0.25) is 0 Å². The fraction of sp³-hybridized carbons (Fsp3) is 0.444. The van der Waals surface area contributed by atoms with Crippen LogP contribution in [0.4, 0.5) is 5.69 Å². The third-order valence-electron chi connectivity index (χ3n) is 4.76. The van der Waals surface area contributed by atoms with Gasteiger partial charge in [-0.2, -0.15) is 0 Å². The zero-order valence-corrected chi connectivity index (χ0v) is 14.2. The fourth-order valence-electron chi connectivity index (χ4n) is 3.19. The fourth-order valence-corrected chi connectivity index (χ4v) is 3.19. The number of carbonyl (C=O) groups is 1. The number of nitrogens with one attached hydrogen (secondary N) is 2. The summed E-state index contributed by atoms with van der Waals surface area (Å²) in [5.41, 5.74) is 1.72. The molecule has 0 aliphatic carbocycles. The van der Waals surface area contributed by atoms with Crippen molar-refractivity contribution in [3.05, 3.63) is 39.7 Å². The zero-order valence-electron chi connectivity index (χ0n) is 14.2. The lowest BCUT2D eigenvalue weighted by Gasteiger charge is -2.34. The van der Waals surface area contributed by atoms with Crippen molar-refractivity contribution in [2.45, 2.75) is 32.3 Å². The van der Waals surface area contributed by atoms with Crippen molar-refractivity contribution in [3.63, 3.8) is 0 Å². The van der Waals surface area contributed by atoms with Crippen LogP contribution in [0.15, 0.2) is 27.4 Å². The number of hydrogen-bond acceptors (Lipinski definition) is 5. The molecule has 2 aromatic rings. The Balaban J connectivity index is 1.96. The number of piperidine rings is 1. The van der Waals surface area contributed by atoms with E-state index < -0.39 is 5.60 Å². The van der Waals surface area contributed by atoms with E-state index >= 15 is 0 Å². The first-order chi connectivity index (χ1) is 11.4. The normalized spacial score (nSPS) is 17.0. The summed E-state index contributed by atoms with van der Waals surface area (Å²) >= 11 is 0. The van der Waals surface area contributed by atoms with Crippen molar-refractivity contribution in [2.75, 3.05) is 25.5 Å². The summed E-state index contributed by atoms with van der Waals surface area (Å²) in [7, 11) is 1.58. The Morgan fingerprint density at radius 3 is 2.58 bits per heavy atom. The number of methoxy groups -OCH3 is 1. The van der Waals surface area contributed by atoms with E-state index in [1.165, 1.54) is 6.07 Å². The van der Waals surface area contributed by atoms with E-state index in [1.807, 2.05) is 19.9 Å². The Morgan fingerprint density at radius 1 is 1.21 bits per heavy atom. The number of amides is 1. The van der Waals surface area contributed by atoms with Gasteiger partial charge in [0.25, 0.3) is 5.91 Å². The number of hydrogen-bond donors (Lipinski definition) is 2. The van der Waals surface area contributed by atoms with Crippen molar-refractivity contribution in [1.29, 1.82) is 0 Å². The molecule has 0 atom stereocenters. The highest BCUT2D eigenvalue weighted by Crippen LogP contribution is 2.28. The molecule has 1 amide bonds. The van der Waals surface area contributed by atoms with E-state index in [9.17, 15) is 9.59 Å². The lowest BCUT2D eigenvalue weighted by Crippen LogP contribution is -2.51. The highest BCUT2D eigenvalue weighted by molar-refractivity contribution is 6.00. The molecular formula is C18H22N2O4. The summed E-state index contributed by atoms with van der Waals surface area (Å²) in [4.78, 5) is 24.3. The highest BCUT2D eigenvalue weighted by Gasteiger charge is 2.39. The van der Waals surface area contributed by atoms with E-state index in [0.717, 1.165) is 29.6 Å². The van der Waals surface area contributed by atoms with Crippen molar-refractivity contribution < 1.29 is 13.9 Å². The standard InChI is InChI=1S/C18H22N2O4/c1-11-9-16(21)24-15-8-12(2)14(10-13(11)15)20-17(22)18(23-3)4-6-19-7-5-18/h8-10,19H,4-7H2,1-3H3,(H,20,22). The number of anilines is 1. The first kappa shape index (κ1) is 16.7. The maximum absolute atomic E-state index is 12.8. The Morgan fingerprint density at radius 2 is 1.92 bits per heavy atom. The second kappa shape index (κ2) is 6.37. The first-order valence-corrected chi connectivity index (χ1v) is 8.08. The molecule has 24 heavy (non-hydrogen) atoms. The van der Waals surface area contributed by atoms with Gasteiger partial charge in [-0.15, -0.1) is 0 Å². The molecule has 1 aliphatic heterocycles. The number of ether oxygens (including phenoxy) is 1. The number of aryl methyl sites for hydroxylation is 2. The molecule has 1 saturated heterocycles. The molecule has 2 heterocycles. The maximum atomic E-state index is 12.8. The molecule has 6 heteroatoms. The van der Waals surface area contributed by atoms with Gasteiger partial charge in [0.05, 0.1) is 0 Å². The molecular weight excluding hydrogens is 308 g/mol. The Bertz CT molecular complexity index is 835. The second-order valence-electron chi connectivity index (χ2n) is 6.31. The van der Waals surface area contributed by atoms with Gasteiger partial charge in [0.2, 0.25) is 0 Å². The summed E-state index contributed by atoms with van der Waals surface area (Å²) in [6, 6.07) is 5.08. The van der Waals surface area contributed by atoms with Gasteiger partial charge in [-0.1, -0.05) is 0 Å². The Kier molecular flexibility index (Phi) is 4.43. The Labute approximate surface area is 140 Å². The molecule has 0 saturated carbocycles. The molecule has 2 N–H and O–H groups in total. The summed E-state index contributed by atoms with van der Waals surface area (Å²) in [5, 5.41) is 7.05. The highest BCUT2D eigenvalue weighted by atomic mass is 16.5. The quantitative estimate of drug-likeness (QED) is 0.843. The van der Waals surface area contributed by atoms with Gasteiger partial charge in [-0.3, -0.25) is 4.79 Å². The van der Waals surface area contributed by atoms with Gasteiger partial charge >= 0.3 is 5.63 Å². The van der Waals surface area contributed by atoms with Gasteiger partial charge < -0.3 is 19.8 Å². The molecule has 1 aromatic heterocycles. The molecule has 3 rings (SSSR count). The molecule has 0 unspecified atom stereocenters. The minimum Gasteiger partial charge on any atom is -0.423 e. The van der Waals surface area contributed by atoms with E-state index in [2.05, 4.69) is 10.6 Å². The van der Waals surface area contributed by atoms with Crippen molar-refractivity contribution in [2.24, 2.45) is 0 Å². The van der Waals surface area contributed by atoms with Crippen LogP contribution in [0.1, 0.15) is 24.0 Å². The molecule has 0 bridgehead atoms. The second-order valence-corrected chi connectivity index (χ2v) is 6.31. The predicted octanol–water partition coefficient (Wildman–Crippen LogP) is 2.12.